The monoisotopic (exact) mass is 829 g/mol. The van der Waals surface area contributed by atoms with Crippen LogP contribution in [0.4, 0.5) is 0 Å². The summed E-state index contributed by atoms with van der Waals surface area (Å²) >= 11 is 0. The van der Waals surface area contributed by atoms with Crippen molar-refractivity contribution in [3.63, 3.8) is 0 Å². The molecule has 6 nitrogen and oxygen atoms in total. The lowest BCUT2D eigenvalue weighted by Crippen LogP contribution is -2.02. The summed E-state index contributed by atoms with van der Waals surface area (Å²) in [5.41, 5.74) is 10.6. The topological polar surface area (TPSA) is 61.7 Å². The lowest BCUT2D eigenvalue weighted by molar-refractivity contribution is 0.669. The number of fused-ring (bicyclic) bond motifs is 11. The van der Waals surface area contributed by atoms with Crippen LogP contribution in [0.15, 0.2) is 217 Å². The normalized spacial score (nSPS) is 12.0. The van der Waals surface area contributed by atoms with Gasteiger partial charge in [0.15, 0.2) is 17.5 Å². The molecule has 0 N–H and O–H groups in total. The van der Waals surface area contributed by atoms with Crippen LogP contribution in [-0.2, 0) is 0 Å². The van der Waals surface area contributed by atoms with E-state index in [0.29, 0.717) is 17.5 Å². The van der Waals surface area contributed by atoms with Crippen LogP contribution in [0.1, 0.15) is 0 Å². The highest BCUT2D eigenvalue weighted by atomic mass is 16.3. The van der Waals surface area contributed by atoms with E-state index in [1.54, 1.807) is 0 Å². The fourth-order valence-corrected chi connectivity index (χ4v) is 10.2. The Kier molecular flexibility index (Phi) is 7.59. The molecule has 0 amide bonds. The van der Waals surface area contributed by atoms with Crippen LogP contribution in [0.5, 0.6) is 0 Å². The molecular formula is C59H35N5O. The molecule has 0 unspecified atom stereocenters. The SMILES string of the molecule is c1ccc(-n2c3ccccc3c3c(-c4nc(-c5ccc6ccccc6c5)nc(-c5cc(-n6c7ccccc7c7cc8ccccc8cc76)cc6c5oc5ccccc56)n4)cccc32)cc1. The first-order valence-electron chi connectivity index (χ1n) is 21.9. The van der Waals surface area contributed by atoms with Crippen molar-refractivity contribution in [2.24, 2.45) is 0 Å². The summed E-state index contributed by atoms with van der Waals surface area (Å²) in [6, 6.07) is 75.0. The van der Waals surface area contributed by atoms with Crippen LogP contribution in [0.2, 0.25) is 0 Å². The molecule has 65 heavy (non-hydrogen) atoms. The van der Waals surface area contributed by atoms with Crippen LogP contribution >= 0.6 is 0 Å². The number of hydrogen-bond acceptors (Lipinski definition) is 4. The van der Waals surface area contributed by atoms with E-state index < -0.39 is 0 Å². The van der Waals surface area contributed by atoms with Crippen LogP contribution in [-0.4, -0.2) is 24.1 Å². The van der Waals surface area contributed by atoms with Crippen molar-refractivity contribution < 1.29 is 4.42 Å². The van der Waals surface area contributed by atoms with Gasteiger partial charge in [0.25, 0.3) is 0 Å². The number of benzene rings is 10. The third-order valence-corrected chi connectivity index (χ3v) is 13.1. The van der Waals surface area contributed by atoms with E-state index in [9.17, 15) is 0 Å². The standard InChI is InChI=1S/C59H35N5O/c1-2-19-41(20-3-1)63-51-26-12-9-23-45(51)55-46(24-14-27-52(55)63)58-60-57(40-30-29-36-15-4-5-16-37(36)31-40)61-59(62-58)49-35-42(34-48-44-22-10-13-28-54(44)65-56(48)49)64-50-25-11-8-21-43(50)47-32-38-17-6-7-18-39(38)33-53(47)64/h1-35H. The Morgan fingerprint density at radius 1 is 0.323 bits per heavy atom. The molecule has 4 aromatic heterocycles. The largest absolute Gasteiger partial charge is 0.455 e. The third-order valence-electron chi connectivity index (χ3n) is 13.1. The first-order valence-corrected chi connectivity index (χ1v) is 21.9. The molecule has 0 aliphatic rings. The molecule has 0 saturated carbocycles. The van der Waals surface area contributed by atoms with Crippen molar-refractivity contribution in [3.8, 4) is 45.5 Å². The molecule has 6 heteroatoms. The maximum atomic E-state index is 6.86. The molecule has 0 atom stereocenters. The Bertz CT molecular complexity index is 4250. The maximum Gasteiger partial charge on any atom is 0.167 e. The summed E-state index contributed by atoms with van der Waals surface area (Å²) < 4.78 is 11.6. The summed E-state index contributed by atoms with van der Waals surface area (Å²) in [7, 11) is 0. The molecule has 4 heterocycles. The molecule has 14 aromatic rings. The minimum Gasteiger partial charge on any atom is -0.455 e. The average molecular weight is 830 g/mol. The average Bonchev–Trinajstić information content (AvgIpc) is 4.03. The van der Waals surface area contributed by atoms with E-state index in [1.807, 2.05) is 12.1 Å². The molecular weight excluding hydrogens is 795 g/mol. The molecule has 302 valence electrons. The first-order chi connectivity index (χ1) is 32.2. The van der Waals surface area contributed by atoms with Gasteiger partial charge in [-0.25, -0.2) is 15.0 Å². The van der Waals surface area contributed by atoms with Gasteiger partial charge in [0, 0.05) is 54.8 Å². The van der Waals surface area contributed by atoms with Crippen molar-refractivity contribution in [1.29, 1.82) is 0 Å². The van der Waals surface area contributed by atoms with Gasteiger partial charge in [-0.1, -0.05) is 146 Å². The van der Waals surface area contributed by atoms with E-state index in [-0.39, 0.29) is 0 Å². The molecule has 0 spiro atoms. The number of aromatic nitrogens is 5. The summed E-state index contributed by atoms with van der Waals surface area (Å²) in [4.78, 5) is 16.3. The smallest absolute Gasteiger partial charge is 0.167 e. The highest BCUT2D eigenvalue weighted by Crippen LogP contribution is 2.43. The third kappa shape index (κ3) is 5.44. The molecule has 0 radical (unpaired) electrons. The Morgan fingerprint density at radius 2 is 0.923 bits per heavy atom. The lowest BCUT2D eigenvalue weighted by atomic mass is 10.0. The van der Waals surface area contributed by atoms with Gasteiger partial charge in [-0.2, -0.15) is 0 Å². The quantitative estimate of drug-likeness (QED) is 0.173. The van der Waals surface area contributed by atoms with E-state index in [0.717, 1.165) is 93.6 Å². The van der Waals surface area contributed by atoms with Crippen LogP contribution in [0, 0.1) is 0 Å². The van der Waals surface area contributed by atoms with Crippen molar-refractivity contribution >= 4 is 87.1 Å². The summed E-state index contributed by atoms with van der Waals surface area (Å²) in [5.74, 6) is 1.69. The van der Waals surface area contributed by atoms with E-state index in [2.05, 4.69) is 209 Å². The number of rotatable bonds is 5. The van der Waals surface area contributed by atoms with Gasteiger partial charge in [-0.3, -0.25) is 0 Å². The van der Waals surface area contributed by atoms with Gasteiger partial charge in [-0.15, -0.1) is 0 Å². The molecule has 10 aromatic carbocycles. The molecule has 14 rings (SSSR count). The Labute approximate surface area is 371 Å². The maximum absolute atomic E-state index is 6.86. The highest BCUT2D eigenvalue weighted by molar-refractivity contribution is 6.17. The van der Waals surface area contributed by atoms with Crippen molar-refractivity contribution in [2.45, 2.75) is 0 Å². The van der Waals surface area contributed by atoms with Crippen molar-refractivity contribution in [1.82, 2.24) is 24.1 Å². The Morgan fingerprint density at radius 3 is 1.74 bits per heavy atom. The molecule has 0 fully saturated rings. The Balaban J connectivity index is 1.09. The van der Waals surface area contributed by atoms with Gasteiger partial charge < -0.3 is 13.6 Å². The van der Waals surface area contributed by atoms with Gasteiger partial charge in [-0.05, 0) is 88.3 Å². The number of para-hydroxylation sites is 4. The van der Waals surface area contributed by atoms with Gasteiger partial charge in [0.2, 0.25) is 0 Å². The first kappa shape index (κ1) is 35.7. The summed E-state index contributed by atoms with van der Waals surface area (Å²) in [5, 5.41) is 11.3. The van der Waals surface area contributed by atoms with E-state index >= 15 is 0 Å². The summed E-state index contributed by atoms with van der Waals surface area (Å²) in [6.07, 6.45) is 0. The van der Waals surface area contributed by atoms with Crippen LogP contribution in [0.3, 0.4) is 0 Å². The predicted molar refractivity (Wildman–Crippen MR) is 267 cm³/mol. The minimum absolute atomic E-state index is 0.527. The zero-order chi connectivity index (χ0) is 42.6. The highest BCUT2D eigenvalue weighted by Gasteiger charge is 2.24. The zero-order valence-corrected chi connectivity index (χ0v) is 34.9. The van der Waals surface area contributed by atoms with Gasteiger partial charge >= 0.3 is 0 Å². The second-order valence-electron chi connectivity index (χ2n) is 16.8. The molecule has 0 aliphatic heterocycles. The van der Waals surface area contributed by atoms with E-state index in [4.69, 9.17) is 19.4 Å². The lowest BCUT2D eigenvalue weighted by Gasteiger charge is -2.13. The summed E-state index contributed by atoms with van der Waals surface area (Å²) in [6.45, 7) is 0. The van der Waals surface area contributed by atoms with Gasteiger partial charge in [0.1, 0.15) is 11.2 Å². The number of nitrogens with zero attached hydrogens (tertiary/aromatic N) is 5. The Hall–Kier alpha value is -8.87. The van der Waals surface area contributed by atoms with E-state index in [1.165, 1.54) is 21.5 Å². The van der Waals surface area contributed by atoms with Crippen molar-refractivity contribution in [3.05, 3.63) is 212 Å². The molecule has 0 saturated heterocycles. The number of furan rings is 1. The second-order valence-corrected chi connectivity index (χ2v) is 16.8. The fourth-order valence-electron chi connectivity index (χ4n) is 10.2. The minimum atomic E-state index is 0.527. The molecule has 0 bridgehead atoms. The molecule has 0 aliphatic carbocycles. The number of hydrogen-bond donors (Lipinski definition) is 0. The second kappa shape index (κ2) is 13.8. The fraction of sp³-hybridized carbons (Fsp3) is 0. The predicted octanol–water partition coefficient (Wildman–Crippen LogP) is 15.3. The van der Waals surface area contributed by atoms with Gasteiger partial charge in [0.05, 0.1) is 27.6 Å². The van der Waals surface area contributed by atoms with Crippen LogP contribution in [0.25, 0.3) is 133 Å². The van der Waals surface area contributed by atoms with Crippen LogP contribution < -0.4 is 0 Å². The zero-order valence-electron chi connectivity index (χ0n) is 34.9. The van der Waals surface area contributed by atoms with Crippen molar-refractivity contribution in [2.75, 3.05) is 0 Å².